The summed E-state index contributed by atoms with van der Waals surface area (Å²) in [5.74, 6) is -0.408. The number of ether oxygens (including phenoxy) is 1. The molecule has 1 saturated heterocycles. The van der Waals surface area contributed by atoms with Gasteiger partial charge < -0.3 is 15.4 Å². The molecule has 0 aliphatic carbocycles. The Bertz CT molecular complexity index is 836. The van der Waals surface area contributed by atoms with Gasteiger partial charge in [0, 0.05) is 24.8 Å². The fourth-order valence-electron chi connectivity index (χ4n) is 3.13. The Morgan fingerprint density at radius 3 is 2.29 bits per heavy atom. The maximum absolute atomic E-state index is 12.6. The number of amides is 3. The first-order valence-corrected chi connectivity index (χ1v) is 9.19. The van der Waals surface area contributed by atoms with Crippen molar-refractivity contribution in [3.63, 3.8) is 0 Å². The molecule has 0 spiro atoms. The molecule has 7 heteroatoms. The number of nitrogens with one attached hydrogen (secondary N) is 2. The van der Waals surface area contributed by atoms with E-state index in [0.717, 1.165) is 12.0 Å². The van der Waals surface area contributed by atoms with Crippen molar-refractivity contribution in [2.45, 2.75) is 32.4 Å². The van der Waals surface area contributed by atoms with Crippen LogP contribution in [0.15, 0.2) is 54.6 Å². The number of benzene rings is 2. The van der Waals surface area contributed by atoms with Crippen LogP contribution in [0.5, 0.6) is 0 Å². The zero-order valence-corrected chi connectivity index (χ0v) is 15.7. The molecule has 3 amide bonds. The van der Waals surface area contributed by atoms with Crippen molar-refractivity contribution >= 4 is 29.3 Å². The molecule has 1 unspecified atom stereocenters. The molecule has 7 nitrogen and oxygen atoms in total. The number of likely N-dealkylation sites (tertiary alicyclic amines) is 1. The molecular weight excluding hydrogens is 358 g/mol. The quantitative estimate of drug-likeness (QED) is 0.831. The van der Waals surface area contributed by atoms with E-state index in [2.05, 4.69) is 10.6 Å². The normalized spacial score (nSPS) is 15.8. The molecule has 0 saturated carbocycles. The fraction of sp³-hybridized carbons (Fsp3) is 0.286. The third-order valence-electron chi connectivity index (χ3n) is 4.47. The van der Waals surface area contributed by atoms with Gasteiger partial charge in [0.1, 0.15) is 12.6 Å². The smallest absolute Gasteiger partial charge is 0.410 e. The second-order valence-corrected chi connectivity index (χ2v) is 6.64. The fourth-order valence-corrected chi connectivity index (χ4v) is 3.13. The molecule has 2 N–H and O–H groups in total. The lowest BCUT2D eigenvalue weighted by molar-refractivity contribution is -0.120. The number of hydrogen-bond acceptors (Lipinski definition) is 4. The average molecular weight is 381 g/mol. The van der Waals surface area contributed by atoms with Crippen molar-refractivity contribution in [1.29, 1.82) is 0 Å². The molecule has 2 aromatic carbocycles. The molecule has 0 radical (unpaired) electrons. The number of nitrogens with zero attached hydrogens (tertiary/aromatic N) is 1. The van der Waals surface area contributed by atoms with Gasteiger partial charge in [0.2, 0.25) is 11.8 Å². The molecule has 146 valence electrons. The summed E-state index contributed by atoms with van der Waals surface area (Å²) in [6.07, 6.45) is 0.860. The van der Waals surface area contributed by atoms with Gasteiger partial charge >= 0.3 is 6.09 Å². The van der Waals surface area contributed by atoms with Crippen LogP contribution in [0.2, 0.25) is 0 Å². The van der Waals surface area contributed by atoms with E-state index in [9.17, 15) is 14.4 Å². The van der Waals surface area contributed by atoms with Crippen molar-refractivity contribution in [3.8, 4) is 0 Å². The highest BCUT2D eigenvalue weighted by Gasteiger charge is 2.35. The van der Waals surface area contributed by atoms with Crippen molar-refractivity contribution in [2.75, 3.05) is 17.2 Å². The molecule has 1 atom stereocenters. The summed E-state index contributed by atoms with van der Waals surface area (Å²) in [6.45, 7) is 2.10. The minimum atomic E-state index is -0.557. The van der Waals surface area contributed by atoms with E-state index in [1.54, 1.807) is 24.3 Å². The summed E-state index contributed by atoms with van der Waals surface area (Å²) in [5.41, 5.74) is 2.15. The molecule has 1 aliphatic heterocycles. The van der Waals surface area contributed by atoms with Gasteiger partial charge in [0.25, 0.3) is 0 Å². The number of hydrogen-bond donors (Lipinski definition) is 2. The van der Waals surface area contributed by atoms with Crippen molar-refractivity contribution in [1.82, 2.24) is 4.90 Å². The van der Waals surface area contributed by atoms with Gasteiger partial charge in [-0.2, -0.15) is 0 Å². The SMILES string of the molecule is CC(=O)Nc1ccc(NC(=O)C2CCCN2C(=O)OCc2ccccc2)cc1. The minimum Gasteiger partial charge on any atom is -0.445 e. The third kappa shape index (κ3) is 5.09. The molecule has 1 heterocycles. The van der Waals surface area contributed by atoms with E-state index in [0.29, 0.717) is 24.3 Å². The Hall–Kier alpha value is -3.35. The Labute approximate surface area is 163 Å². The maximum atomic E-state index is 12.6. The zero-order chi connectivity index (χ0) is 19.9. The highest BCUT2D eigenvalue weighted by molar-refractivity contribution is 5.97. The topological polar surface area (TPSA) is 87.7 Å². The van der Waals surface area contributed by atoms with E-state index in [-0.39, 0.29) is 18.4 Å². The van der Waals surface area contributed by atoms with E-state index in [1.165, 1.54) is 11.8 Å². The molecular formula is C21H23N3O4. The highest BCUT2D eigenvalue weighted by atomic mass is 16.6. The Morgan fingerprint density at radius 2 is 1.64 bits per heavy atom. The van der Waals surface area contributed by atoms with Crippen LogP contribution in [0.1, 0.15) is 25.3 Å². The Balaban J connectivity index is 1.56. The summed E-state index contributed by atoms with van der Waals surface area (Å²) in [5, 5.41) is 5.49. The number of carbonyl (C=O) groups excluding carboxylic acids is 3. The average Bonchev–Trinajstić information content (AvgIpc) is 3.18. The van der Waals surface area contributed by atoms with Gasteiger partial charge in [0.05, 0.1) is 0 Å². The van der Waals surface area contributed by atoms with Crippen molar-refractivity contribution < 1.29 is 19.1 Å². The van der Waals surface area contributed by atoms with Crippen LogP contribution in [-0.4, -0.2) is 35.4 Å². The summed E-state index contributed by atoms with van der Waals surface area (Å²) >= 11 is 0. The van der Waals surface area contributed by atoms with Gasteiger partial charge in [-0.15, -0.1) is 0 Å². The van der Waals surface area contributed by atoms with Crippen molar-refractivity contribution in [3.05, 3.63) is 60.2 Å². The first-order chi connectivity index (χ1) is 13.5. The Morgan fingerprint density at radius 1 is 1.00 bits per heavy atom. The molecule has 0 aromatic heterocycles. The maximum Gasteiger partial charge on any atom is 0.410 e. The summed E-state index contributed by atoms with van der Waals surface area (Å²) < 4.78 is 5.36. The van der Waals surface area contributed by atoms with E-state index in [4.69, 9.17) is 4.74 Å². The van der Waals surface area contributed by atoms with Gasteiger partial charge in [-0.05, 0) is 42.7 Å². The predicted octanol–water partition coefficient (Wildman–Crippen LogP) is 3.38. The summed E-state index contributed by atoms with van der Waals surface area (Å²) in [6, 6.07) is 15.7. The molecule has 2 aromatic rings. The van der Waals surface area contributed by atoms with E-state index in [1.807, 2.05) is 30.3 Å². The monoisotopic (exact) mass is 381 g/mol. The first-order valence-electron chi connectivity index (χ1n) is 9.19. The van der Waals surface area contributed by atoms with Crippen LogP contribution in [-0.2, 0) is 20.9 Å². The van der Waals surface area contributed by atoms with Crippen LogP contribution in [0, 0.1) is 0 Å². The number of carbonyl (C=O) groups is 3. The van der Waals surface area contributed by atoms with Gasteiger partial charge in [-0.3, -0.25) is 14.5 Å². The van der Waals surface area contributed by atoms with Gasteiger partial charge in [0.15, 0.2) is 0 Å². The number of rotatable bonds is 5. The lowest BCUT2D eigenvalue weighted by Crippen LogP contribution is -2.43. The second-order valence-electron chi connectivity index (χ2n) is 6.64. The van der Waals surface area contributed by atoms with Crippen LogP contribution in [0.3, 0.4) is 0 Å². The lowest BCUT2D eigenvalue weighted by Gasteiger charge is -2.23. The van der Waals surface area contributed by atoms with E-state index < -0.39 is 12.1 Å². The summed E-state index contributed by atoms with van der Waals surface area (Å²) in [4.78, 5) is 37.6. The van der Waals surface area contributed by atoms with Crippen LogP contribution in [0.25, 0.3) is 0 Å². The third-order valence-corrected chi connectivity index (χ3v) is 4.47. The van der Waals surface area contributed by atoms with Gasteiger partial charge in [-0.1, -0.05) is 30.3 Å². The first kappa shape index (κ1) is 19.4. The lowest BCUT2D eigenvalue weighted by atomic mass is 10.2. The van der Waals surface area contributed by atoms with Crippen molar-refractivity contribution in [2.24, 2.45) is 0 Å². The standard InChI is InChI=1S/C21H23N3O4/c1-15(25)22-17-9-11-18(12-10-17)23-20(26)19-8-5-13-24(19)21(27)28-14-16-6-3-2-4-7-16/h2-4,6-7,9-12,19H,5,8,13-14H2,1H3,(H,22,25)(H,23,26). The molecule has 0 bridgehead atoms. The van der Waals surface area contributed by atoms with E-state index >= 15 is 0 Å². The summed E-state index contributed by atoms with van der Waals surface area (Å²) in [7, 11) is 0. The second kappa shape index (κ2) is 9.03. The minimum absolute atomic E-state index is 0.160. The number of anilines is 2. The van der Waals surface area contributed by atoms with Crippen LogP contribution < -0.4 is 10.6 Å². The van der Waals surface area contributed by atoms with Crippen LogP contribution >= 0.6 is 0 Å². The molecule has 1 aliphatic rings. The zero-order valence-electron chi connectivity index (χ0n) is 15.7. The Kier molecular flexibility index (Phi) is 6.26. The molecule has 28 heavy (non-hydrogen) atoms. The predicted molar refractivity (Wildman–Crippen MR) is 106 cm³/mol. The largest absolute Gasteiger partial charge is 0.445 e. The highest BCUT2D eigenvalue weighted by Crippen LogP contribution is 2.21. The van der Waals surface area contributed by atoms with Gasteiger partial charge in [-0.25, -0.2) is 4.79 Å². The molecule has 1 fully saturated rings. The molecule has 3 rings (SSSR count). The van der Waals surface area contributed by atoms with Crippen LogP contribution in [0.4, 0.5) is 16.2 Å².